The Labute approximate surface area is 107 Å². The molecule has 1 aromatic heterocycles. The highest BCUT2D eigenvalue weighted by Gasteiger charge is 2.07. The molecule has 2 N–H and O–H groups in total. The summed E-state index contributed by atoms with van der Waals surface area (Å²) < 4.78 is 2.16. The molecule has 0 atom stereocenters. The van der Waals surface area contributed by atoms with Crippen LogP contribution in [0.2, 0.25) is 0 Å². The molecule has 0 bridgehead atoms. The minimum atomic E-state index is 0.822. The zero-order chi connectivity index (χ0) is 12.5. The lowest BCUT2D eigenvalue weighted by atomic mass is 10.0. The first-order valence-corrected chi connectivity index (χ1v) is 6.11. The summed E-state index contributed by atoms with van der Waals surface area (Å²) in [5.74, 6) is 0. The van der Waals surface area contributed by atoms with E-state index in [0.717, 1.165) is 12.1 Å². The van der Waals surface area contributed by atoms with E-state index in [1.54, 1.807) is 0 Å². The maximum Gasteiger partial charge on any atom is 0.0482 e. The quantitative estimate of drug-likeness (QED) is 0.680. The van der Waals surface area contributed by atoms with Gasteiger partial charge in [-0.15, -0.1) is 0 Å². The number of benzene rings is 2. The van der Waals surface area contributed by atoms with Gasteiger partial charge in [0.25, 0.3) is 0 Å². The van der Waals surface area contributed by atoms with Gasteiger partial charge in [0.15, 0.2) is 0 Å². The second-order valence-electron chi connectivity index (χ2n) is 4.70. The molecule has 0 saturated heterocycles. The second-order valence-corrected chi connectivity index (χ2v) is 4.70. The zero-order valence-corrected chi connectivity index (χ0v) is 10.4. The Kier molecular flexibility index (Phi) is 2.56. The van der Waals surface area contributed by atoms with Crippen molar-refractivity contribution in [1.82, 2.24) is 4.57 Å². The number of hydrogen-bond acceptors (Lipinski definition) is 1. The molecular formula is C16H16N2. The van der Waals surface area contributed by atoms with Gasteiger partial charge in [-0.3, -0.25) is 0 Å². The van der Waals surface area contributed by atoms with Crippen LogP contribution in [-0.2, 0) is 13.5 Å². The standard InChI is InChI=1S/C16H16N2/c1-18-11-13(9-12-5-3-2-4-6-12)15-10-14(17)7-8-16(15)18/h2-8,10-11H,9,17H2,1H3. The van der Waals surface area contributed by atoms with Gasteiger partial charge in [0.05, 0.1) is 0 Å². The van der Waals surface area contributed by atoms with E-state index in [1.807, 2.05) is 12.1 Å². The molecule has 2 aromatic carbocycles. The van der Waals surface area contributed by atoms with Gasteiger partial charge in [0.1, 0.15) is 0 Å². The predicted octanol–water partition coefficient (Wildman–Crippen LogP) is 3.35. The molecule has 18 heavy (non-hydrogen) atoms. The summed E-state index contributed by atoms with van der Waals surface area (Å²) in [7, 11) is 2.08. The third kappa shape index (κ3) is 1.86. The highest BCUT2D eigenvalue weighted by molar-refractivity contribution is 5.87. The van der Waals surface area contributed by atoms with Crippen LogP contribution in [0.1, 0.15) is 11.1 Å². The molecule has 0 unspecified atom stereocenters. The molecule has 0 aliphatic carbocycles. The normalized spacial score (nSPS) is 10.9. The first kappa shape index (κ1) is 10.9. The number of aromatic nitrogens is 1. The van der Waals surface area contributed by atoms with Gasteiger partial charge in [-0.25, -0.2) is 0 Å². The SMILES string of the molecule is Cn1cc(Cc2ccccc2)c2cc(N)ccc21. The van der Waals surface area contributed by atoms with Crippen molar-refractivity contribution < 1.29 is 0 Å². The minimum Gasteiger partial charge on any atom is -0.399 e. The van der Waals surface area contributed by atoms with Crippen molar-refractivity contribution in [1.29, 1.82) is 0 Å². The molecule has 2 nitrogen and oxygen atoms in total. The van der Waals surface area contributed by atoms with Crippen LogP contribution in [0.4, 0.5) is 5.69 Å². The maximum absolute atomic E-state index is 5.89. The number of nitrogens with two attached hydrogens (primary N) is 1. The molecule has 0 aliphatic rings. The topological polar surface area (TPSA) is 30.9 Å². The molecule has 3 rings (SSSR count). The van der Waals surface area contributed by atoms with E-state index in [-0.39, 0.29) is 0 Å². The Hall–Kier alpha value is -2.22. The first-order chi connectivity index (χ1) is 8.74. The van der Waals surface area contributed by atoms with E-state index in [0.29, 0.717) is 0 Å². The number of nitrogens with zero attached hydrogens (tertiary/aromatic N) is 1. The van der Waals surface area contributed by atoms with Crippen molar-refractivity contribution in [3.05, 3.63) is 65.9 Å². The number of fused-ring (bicyclic) bond motifs is 1. The molecular weight excluding hydrogens is 220 g/mol. The van der Waals surface area contributed by atoms with Crippen LogP contribution in [0.3, 0.4) is 0 Å². The van der Waals surface area contributed by atoms with Crippen molar-refractivity contribution in [3.8, 4) is 0 Å². The lowest BCUT2D eigenvalue weighted by molar-refractivity contribution is 0.958. The van der Waals surface area contributed by atoms with Crippen LogP contribution in [-0.4, -0.2) is 4.57 Å². The Morgan fingerprint density at radius 2 is 1.83 bits per heavy atom. The Morgan fingerprint density at radius 1 is 1.06 bits per heavy atom. The predicted molar refractivity (Wildman–Crippen MR) is 76.6 cm³/mol. The largest absolute Gasteiger partial charge is 0.399 e. The average Bonchev–Trinajstić information content (AvgIpc) is 2.67. The molecule has 2 heteroatoms. The van der Waals surface area contributed by atoms with Crippen molar-refractivity contribution in [2.24, 2.45) is 7.05 Å². The van der Waals surface area contributed by atoms with E-state index in [1.165, 1.54) is 22.0 Å². The van der Waals surface area contributed by atoms with Gasteiger partial charge < -0.3 is 10.3 Å². The fourth-order valence-corrected chi connectivity index (χ4v) is 2.45. The molecule has 0 aliphatic heterocycles. The summed E-state index contributed by atoms with van der Waals surface area (Å²) in [6, 6.07) is 16.6. The average molecular weight is 236 g/mol. The number of nitrogen functional groups attached to an aromatic ring is 1. The Morgan fingerprint density at radius 3 is 2.61 bits per heavy atom. The van der Waals surface area contributed by atoms with Gasteiger partial charge in [-0.1, -0.05) is 30.3 Å². The molecule has 1 heterocycles. The van der Waals surface area contributed by atoms with Crippen molar-refractivity contribution >= 4 is 16.6 Å². The first-order valence-electron chi connectivity index (χ1n) is 6.11. The summed E-state index contributed by atoms with van der Waals surface area (Å²) >= 11 is 0. The van der Waals surface area contributed by atoms with Gasteiger partial charge in [0.2, 0.25) is 0 Å². The van der Waals surface area contributed by atoms with Crippen LogP contribution in [0.25, 0.3) is 10.9 Å². The monoisotopic (exact) mass is 236 g/mol. The smallest absolute Gasteiger partial charge is 0.0482 e. The fraction of sp³-hybridized carbons (Fsp3) is 0.125. The van der Waals surface area contributed by atoms with Gasteiger partial charge in [-0.2, -0.15) is 0 Å². The van der Waals surface area contributed by atoms with Crippen LogP contribution in [0, 0.1) is 0 Å². The van der Waals surface area contributed by atoms with Crippen LogP contribution in [0.5, 0.6) is 0 Å². The third-order valence-corrected chi connectivity index (χ3v) is 3.33. The molecule has 3 aromatic rings. The molecule has 0 amide bonds. The van der Waals surface area contributed by atoms with E-state index < -0.39 is 0 Å². The number of aryl methyl sites for hydroxylation is 1. The molecule has 90 valence electrons. The Balaban J connectivity index is 2.09. The summed E-state index contributed by atoms with van der Waals surface area (Å²) in [6.07, 6.45) is 3.14. The van der Waals surface area contributed by atoms with Crippen LogP contribution < -0.4 is 5.73 Å². The number of hydrogen-bond donors (Lipinski definition) is 1. The lowest BCUT2D eigenvalue weighted by Crippen LogP contribution is -1.87. The molecule has 0 spiro atoms. The summed E-state index contributed by atoms with van der Waals surface area (Å²) in [5.41, 5.74) is 10.6. The highest BCUT2D eigenvalue weighted by Crippen LogP contribution is 2.25. The van der Waals surface area contributed by atoms with Crippen molar-refractivity contribution in [3.63, 3.8) is 0 Å². The van der Waals surface area contributed by atoms with Crippen LogP contribution in [0.15, 0.2) is 54.7 Å². The van der Waals surface area contributed by atoms with Gasteiger partial charge in [-0.05, 0) is 35.7 Å². The Bertz CT molecular complexity index is 681. The van der Waals surface area contributed by atoms with E-state index in [4.69, 9.17) is 5.73 Å². The van der Waals surface area contributed by atoms with Gasteiger partial charge >= 0.3 is 0 Å². The summed E-state index contributed by atoms with van der Waals surface area (Å²) in [4.78, 5) is 0. The second kappa shape index (κ2) is 4.22. The zero-order valence-electron chi connectivity index (χ0n) is 10.4. The minimum absolute atomic E-state index is 0.822. The van der Waals surface area contributed by atoms with Crippen molar-refractivity contribution in [2.75, 3.05) is 5.73 Å². The summed E-state index contributed by atoms with van der Waals surface area (Å²) in [5, 5.41) is 1.25. The fourth-order valence-electron chi connectivity index (χ4n) is 2.45. The van der Waals surface area contributed by atoms with Crippen molar-refractivity contribution in [2.45, 2.75) is 6.42 Å². The molecule has 0 fully saturated rings. The maximum atomic E-state index is 5.89. The van der Waals surface area contributed by atoms with E-state index >= 15 is 0 Å². The molecule has 0 saturated carbocycles. The molecule has 0 radical (unpaired) electrons. The number of rotatable bonds is 2. The lowest BCUT2D eigenvalue weighted by Gasteiger charge is -2.00. The third-order valence-electron chi connectivity index (χ3n) is 3.33. The number of anilines is 1. The summed E-state index contributed by atoms with van der Waals surface area (Å²) in [6.45, 7) is 0. The van der Waals surface area contributed by atoms with E-state index in [9.17, 15) is 0 Å². The van der Waals surface area contributed by atoms with E-state index in [2.05, 4.69) is 54.2 Å². The highest BCUT2D eigenvalue weighted by atomic mass is 14.9. The van der Waals surface area contributed by atoms with Gasteiger partial charge in [0, 0.05) is 29.8 Å². The van der Waals surface area contributed by atoms with Crippen LogP contribution >= 0.6 is 0 Å².